The fourth-order valence-electron chi connectivity index (χ4n) is 2.55. The quantitative estimate of drug-likeness (QED) is 0.528. The average molecular weight is 244 g/mol. The van der Waals surface area contributed by atoms with Crippen LogP contribution in [0.1, 0.15) is 0 Å². The molecule has 0 saturated carbocycles. The molecule has 19 heavy (non-hydrogen) atoms. The Labute approximate surface area is 110 Å². The molecule has 4 rings (SSSR count). The third-order valence-electron chi connectivity index (χ3n) is 3.51. The highest BCUT2D eigenvalue weighted by Gasteiger charge is 2.06. The number of pyridine rings is 1. The smallest absolute Gasteiger partial charge is 0.137 e. The van der Waals surface area contributed by atoms with Crippen LogP contribution in [0, 0.1) is 0 Å². The van der Waals surface area contributed by atoms with Crippen LogP contribution in [0.25, 0.3) is 32.9 Å². The van der Waals surface area contributed by atoms with Gasteiger partial charge in [0.15, 0.2) is 0 Å². The summed E-state index contributed by atoms with van der Waals surface area (Å²) in [6.07, 6.45) is 3.84. The number of aromatic nitrogens is 2. The van der Waals surface area contributed by atoms with Crippen LogP contribution in [0.2, 0.25) is 0 Å². The van der Waals surface area contributed by atoms with Crippen molar-refractivity contribution in [1.29, 1.82) is 0 Å². The molecule has 0 aliphatic heterocycles. The van der Waals surface area contributed by atoms with E-state index in [1.807, 2.05) is 18.5 Å². The minimum Gasteiger partial charge on any atom is -0.346 e. The fourth-order valence-corrected chi connectivity index (χ4v) is 2.55. The number of rotatable bonds is 1. The summed E-state index contributed by atoms with van der Waals surface area (Å²) in [6.45, 7) is 0. The van der Waals surface area contributed by atoms with Gasteiger partial charge < -0.3 is 4.98 Å². The second-order valence-electron chi connectivity index (χ2n) is 4.66. The van der Waals surface area contributed by atoms with Gasteiger partial charge >= 0.3 is 0 Å². The van der Waals surface area contributed by atoms with Crippen molar-refractivity contribution >= 4 is 21.8 Å². The molecule has 0 bridgehead atoms. The Kier molecular flexibility index (Phi) is 2.15. The molecule has 4 aromatic rings. The first-order chi connectivity index (χ1) is 9.42. The van der Waals surface area contributed by atoms with E-state index in [2.05, 4.69) is 58.5 Å². The van der Waals surface area contributed by atoms with E-state index < -0.39 is 0 Å². The number of nitrogens with one attached hydrogen (secondary N) is 1. The lowest BCUT2D eigenvalue weighted by Crippen LogP contribution is -1.78. The molecule has 0 atom stereocenters. The first kappa shape index (κ1) is 10.3. The van der Waals surface area contributed by atoms with Crippen LogP contribution in [0.4, 0.5) is 0 Å². The van der Waals surface area contributed by atoms with Crippen molar-refractivity contribution in [3.63, 3.8) is 0 Å². The Balaban J connectivity index is 1.99. The Morgan fingerprint density at radius 2 is 1.74 bits per heavy atom. The first-order valence-corrected chi connectivity index (χ1v) is 6.33. The Hall–Kier alpha value is -2.61. The molecule has 0 fully saturated rings. The lowest BCUT2D eigenvalue weighted by Gasteiger charge is -2.02. The number of benzene rings is 2. The van der Waals surface area contributed by atoms with Gasteiger partial charge in [0.1, 0.15) is 5.65 Å². The molecular formula is C17H12N2. The summed E-state index contributed by atoms with van der Waals surface area (Å²) in [6, 6.07) is 19.1. The lowest BCUT2D eigenvalue weighted by molar-refractivity contribution is 1.33. The Morgan fingerprint density at radius 3 is 2.68 bits per heavy atom. The molecule has 2 heterocycles. The summed E-state index contributed by atoms with van der Waals surface area (Å²) in [7, 11) is 0. The molecule has 0 radical (unpaired) electrons. The number of hydrogen-bond acceptors (Lipinski definition) is 1. The van der Waals surface area contributed by atoms with Crippen LogP contribution in [0.15, 0.2) is 67.0 Å². The van der Waals surface area contributed by atoms with Gasteiger partial charge in [0.05, 0.1) is 0 Å². The van der Waals surface area contributed by atoms with Crippen molar-refractivity contribution in [2.24, 2.45) is 0 Å². The second kappa shape index (κ2) is 3.95. The molecule has 0 aliphatic carbocycles. The molecule has 0 aliphatic rings. The van der Waals surface area contributed by atoms with Crippen LogP contribution in [-0.2, 0) is 0 Å². The summed E-state index contributed by atoms with van der Waals surface area (Å²) < 4.78 is 0. The van der Waals surface area contributed by atoms with E-state index in [-0.39, 0.29) is 0 Å². The van der Waals surface area contributed by atoms with Crippen molar-refractivity contribution in [3.8, 4) is 11.1 Å². The topological polar surface area (TPSA) is 28.7 Å². The third-order valence-corrected chi connectivity index (χ3v) is 3.51. The maximum Gasteiger partial charge on any atom is 0.137 e. The predicted octanol–water partition coefficient (Wildman–Crippen LogP) is 4.38. The van der Waals surface area contributed by atoms with Crippen molar-refractivity contribution in [2.45, 2.75) is 0 Å². The molecule has 0 saturated heterocycles. The standard InChI is InChI=1S/C17H12N2/c1-2-5-13-10-14(8-7-12(13)4-1)16-11-19-17-15(16)6-3-9-18-17/h1-11H,(H,18,19). The fraction of sp³-hybridized carbons (Fsp3) is 0. The molecule has 2 nitrogen and oxygen atoms in total. The highest BCUT2D eigenvalue weighted by Crippen LogP contribution is 2.29. The van der Waals surface area contributed by atoms with Gasteiger partial charge in [-0.05, 0) is 34.5 Å². The van der Waals surface area contributed by atoms with Gasteiger partial charge in [0.25, 0.3) is 0 Å². The summed E-state index contributed by atoms with van der Waals surface area (Å²) >= 11 is 0. The van der Waals surface area contributed by atoms with Crippen LogP contribution < -0.4 is 0 Å². The monoisotopic (exact) mass is 244 g/mol. The van der Waals surface area contributed by atoms with Crippen molar-refractivity contribution < 1.29 is 0 Å². The molecule has 0 amide bonds. The zero-order valence-corrected chi connectivity index (χ0v) is 10.3. The lowest BCUT2D eigenvalue weighted by atomic mass is 10.0. The Bertz CT molecular complexity index is 874. The van der Waals surface area contributed by atoms with E-state index in [0.29, 0.717) is 0 Å². The highest BCUT2D eigenvalue weighted by molar-refractivity contribution is 5.96. The van der Waals surface area contributed by atoms with Crippen LogP contribution in [0.5, 0.6) is 0 Å². The zero-order chi connectivity index (χ0) is 12.7. The number of H-pyrrole nitrogens is 1. The summed E-state index contributed by atoms with van der Waals surface area (Å²) in [5, 5.41) is 3.69. The molecule has 0 spiro atoms. The molecule has 90 valence electrons. The molecule has 2 aromatic carbocycles. The van der Waals surface area contributed by atoms with E-state index >= 15 is 0 Å². The van der Waals surface area contributed by atoms with Gasteiger partial charge in [-0.25, -0.2) is 4.98 Å². The number of aromatic amines is 1. The first-order valence-electron chi connectivity index (χ1n) is 6.33. The maximum absolute atomic E-state index is 4.33. The summed E-state index contributed by atoms with van der Waals surface area (Å²) in [4.78, 5) is 7.56. The van der Waals surface area contributed by atoms with Crippen molar-refractivity contribution in [2.75, 3.05) is 0 Å². The van der Waals surface area contributed by atoms with Gasteiger partial charge in [-0.3, -0.25) is 0 Å². The van der Waals surface area contributed by atoms with E-state index in [1.54, 1.807) is 0 Å². The minimum atomic E-state index is 0.936. The normalized spacial score (nSPS) is 11.2. The van der Waals surface area contributed by atoms with Crippen LogP contribution >= 0.6 is 0 Å². The molecule has 1 N–H and O–H groups in total. The molecule has 2 aromatic heterocycles. The molecule has 2 heteroatoms. The van der Waals surface area contributed by atoms with Gasteiger partial charge in [0, 0.05) is 23.3 Å². The average Bonchev–Trinajstić information content (AvgIpc) is 2.91. The minimum absolute atomic E-state index is 0.936. The summed E-state index contributed by atoms with van der Waals surface area (Å²) in [5.74, 6) is 0. The van der Waals surface area contributed by atoms with E-state index in [4.69, 9.17) is 0 Å². The van der Waals surface area contributed by atoms with Crippen LogP contribution in [0.3, 0.4) is 0 Å². The van der Waals surface area contributed by atoms with E-state index in [0.717, 1.165) is 11.0 Å². The summed E-state index contributed by atoms with van der Waals surface area (Å²) in [5.41, 5.74) is 3.36. The van der Waals surface area contributed by atoms with E-state index in [1.165, 1.54) is 21.9 Å². The zero-order valence-electron chi connectivity index (χ0n) is 10.3. The predicted molar refractivity (Wildman–Crippen MR) is 79.0 cm³/mol. The molecular weight excluding hydrogens is 232 g/mol. The second-order valence-corrected chi connectivity index (χ2v) is 4.66. The highest BCUT2D eigenvalue weighted by atomic mass is 14.8. The van der Waals surface area contributed by atoms with Gasteiger partial charge in [-0.15, -0.1) is 0 Å². The van der Waals surface area contributed by atoms with Gasteiger partial charge in [-0.2, -0.15) is 0 Å². The third kappa shape index (κ3) is 1.61. The van der Waals surface area contributed by atoms with Gasteiger partial charge in [0.2, 0.25) is 0 Å². The van der Waals surface area contributed by atoms with Crippen molar-refractivity contribution in [1.82, 2.24) is 9.97 Å². The number of fused-ring (bicyclic) bond motifs is 2. The van der Waals surface area contributed by atoms with Gasteiger partial charge in [-0.1, -0.05) is 36.4 Å². The maximum atomic E-state index is 4.33. The van der Waals surface area contributed by atoms with E-state index in [9.17, 15) is 0 Å². The number of hydrogen-bond donors (Lipinski definition) is 1. The van der Waals surface area contributed by atoms with Crippen LogP contribution in [-0.4, -0.2) is 9.97 Å². The molecule has 0 unspecified atom stereocenters. The Morgan fingerprint density at radius 1 is 0.842 bits per heavy atom. The van der Waals surface area contributed by atoms with Crippen molar-refractivity contribution in [3.05, 3.63) is 67.0 Å². The number of nitrogens with zero attached hydrogens (tertiary/aromatic N) is 1. The SMILES string of the molecule is c1ccc2cc(-c3c[nH]c4ncccc34)ccc2c1. The largest absolute Gasteiger partial charge is 0.346 e.